The van der Waals surface area contributed by atoms with E-state index in [2.05, 4.69) is 0 Å². The molecule has 22 heavy (non-hydrogen) atoms. The summed E-state index contributed by atoms with van der Waals surface area (Å²) in [5, 5.41) is 10.3. The van der Waals surface area contributed by atoms with Gasteiger partial charge in [0.1, 0.15) is 5.75 Å². The lowest BCUT2D eigenvalue weighted by atomic mass is 9.93. The molecule has 1 fully saturated rings. The first-order chi connectivity index (χ1) is 10.5. The number of aliphatic hydroxyl groups is 1. The SMILES string of the molecule is COc1ccc(Cl)cc1/C=C/C(=O)N1CCCC(C(C)O)C1. The number of likely N-dealkylation sites (tertiary alicyclic amines) is 1. The van der Waals surface area contributed by atoms with E-state index in [1.165, 1.54) is 0 Å². The lowest BCUT2D eigenvalue weighted by molar-refractivity contribution is -0.128. The monoisotopic (exact) mass is 323 g/mol. The number of benzene rings is 1. The number of hydrogen-bond donors (Lipinski definition) is 1. The van der Waals surface area contributed by atoms with Crippen LogP contribution in [-0.2, 0) is 4.79 Å². The molecule has 0 aliphatic carbocycles. The number of halogens is 1. The van der Waals surface area contributed by atoms with E-state index < -0.39 is 0 Å². The highest BCUT2D eigenvalue weighted by Gasteiger charge is 2.25. The van der Waals surface area contributed by atoms with Crippen molar-refractivity contribution in [3.63, 3.8) is 0 Å². The molecule has 1 aromatic carbocycles. The van der Waals surface area contributed by atoms with Crippen LogP contribution in [0.2, 0.25) is 5.02 Å². The molecule has 0 spiro atoms. The minimum atomic E-state index is -0.382. The minimum absolute atomic E-state index is 0.0487. The molecule has 0 radical (unpaired) electrons. The normalized spacial score (nSPS) is 20.2. The maximum atomic E-state index is 12.3. The van der Waals surface area contributed by atoms with Gasteiger partial charge in [-0.1, -0.05) is 11.6 Å². The first kappa shape index (κ1) is 16.8. The van der Waals surface area contributed by atoms with Crippen molar-refractivity contribution < 1.29 is 14.6 Å². The number of aliphatic hydroxyl groups excluding tert-OH is 1. The van der Waals surface area contributed by atoms with Crippen LogP contribution in [0, 0.1) is 5.92 Å². The second-order valence-electron chi connectivity index (χ2n) is 5.65. The highest BCUT2D eigenvalue weighted by molar-refractivity contribution is 6.30. The topological polar surface area (TPSA) is 49.8 Å². The van der Waals surface area contributed by atoms with E-state index in [4.69, 9.17) is 16.3 Å². The van der Waals surface area contributed by atoms with Crippen molar-refractivity contribution in [3.05, 3.63) is 34.9 Å². The van der Waals surface area contributed by atoms with Gasteiger partial charge in [-0.15, -0.1) is 0 Å². The van der Waals surface area contributed by atoms with Gasteiger partial charge in [-0.3, -0.25) is 4.79 Å². The second kappa shape index (κ2) is 7.65. The van der Waals surface area contributed by atoms with Gasteiger partial charge in [0.05, 0.1) is 13.2 Å². The standard InChI is InChI=1S/C17H22ClNO3/c1-12(20)14-4-3-9-19(11-14)17(21)8-5-13-10-15(18)6-7-16(13)22-2/h5-8,10,12,14,20H,3-4,9,11H2,1-2H3/b8-5+. The third kappa shape index (κ3) is 4.24. The molecule has 1 amide bonds. The van der Waals surface area contributed by atoms with Gasteiger partial charge in [0.25, 0.3) is 0 Å². The maximum absolute atomic E-state index is 12.3. The van der Waals surface area contributed by atoms with Crippen LogP contribution in [0.4, 0.5) is 0 Å². The van der Waals surface area contributed by atoms with Crippen LogP contribution >= 0.6 is 11.6 Å². The van der Waals surface area contributed by atoms with Crippen LogP contribution in [0.25, 0.3) is 6.08 Å². The molecule has 5 heteroatoms. The number of piperidine rings is 1. The zero-order valence-corrected chi connectivity index (χ0v) is 13.7. The summed E-state index contributed by atoms with van der Waals surface area (Å²) in [5.74, 6) is 0.785. The van der Waals surface area contributed by atoms with E-state index in [9.17, 15) is 9.90 Å². The average Bonchev–Trinajstić information content (AvgIpc) is 2.52. The molecule has 1 aromatic rings. The van der Waals surface area contributed by atoms with Crippen molar-refractivity contribution >= 4 is 23.6 Å². The van der Waals surface area contributed by atoms with Crippen molar-refractivity contribution in [2.75, 3.05) is 20.2 Å². The Morgan fingerprint density at radius 3 is 3.00 bits per heavy atom. The molecule has 2 rings (SSSR count). The van der Waals surface area contributed by atoms with Crippen molar-refractivity contribution in [3.8, 4) is 5.75 Å². The summed E-state index contributed by atoms with van der Waals surface area (Å²) in [6.45, 7) is 3.12. The van der Waals surface area contributed by atoms with Crippen molar-refractivity contribution in [2.45, 2.75) is 25.9 Å². The summed E-state index contributed by atoms with van der Waals surface area (Å²) in [7, 11) is 1.58. The molecule has 1 N–H and O–H groups in total. The third-order valence-electron chi connectivity index (χ3n) is 4.05. The Morgan fingerprint density at radius 1 is 1.55 bits per heavy atom. The van der Waals surface area contributed by atoms with E-state index in [-0.39, 0.29) is 17.9 Å². The first-order valence-corrected chi connectivity index (χ1v) is 7.87. The van der Waals surface area contributed by atoms with Crippen LogP contribution in [0.1, 0.15) is 25.3 Å². The molecule has 1 saturated heterocycles. The van der Waals surface area contributed by atoms with Gasteiger partial charge in [-0.2, -0.15) is 0 Å². The van der Waals surface area contributed by atoms with Gasteiger partial charge >= 0.3 is 0 Å². The predicted molar refractivity (Wildman–Crippen MR) is 88.0 cm³/mol. The molecule has 0 bridgehead atoms. The lowest BCUT2D eigenvalue weighted by Crippen LogP contribution is -2.42. The molecule has 120 valence electrons. The Morgan fingerprint density at radius 2 is 2.32 bits per heavy atom. The summed E-state index contributed by atoms with van der Waals surface area (Å²) in [6, 6.07) is 5.28. The molecule has 2 unspecified atom stereocenters. The number of ether oxygens (including phenoxy) is 1. The number of rotatable bonds is 4. The Kier molecular flexibility index (Phi) is 5.86. The van der Waals surface area contributed by atoms with Crippen LogP contribution in [-0.4, -0.2) is 42.2 Å². The van der Waals surface area contributed by atoms with Gasteiger partial charge < -0.3 is 14.7 Å². The lowest BCUT2D eigenvalue weighted by Gasteiger charge is -2.33. The maximum Gasteiger partial charge on any atom is 0.246 e. The van der Waals surface area contributed by atoms with Gasteiger partial charge in [-0.05, 0) is 44.0 Å². The Balaban J connectivity index is 2.06. The Bertz CT molecular complexity index is 557. The van der Waals surface area contributed by atoms with E-state index in [1.807, 2.05) is 0 Å². The number of carbonyl (C=O) groups is 1. The van der Waals surface area contributed by atoms with Crippen LogP contribution in [0.3, 0.4) is 0 Å². The van der Waals surface area contributed by atoms with E-state index in [1.54, 1.807) is 49.3 Å². The zero-order valence-electron chi connectivity index (χ0n) is 13.0. The fourth-order valence-corrected chi connectivity index (χ4v) is 2.89. The zero-order chi connectivity index (χ0) is 16.1. The summed E-state index contributed by atoms with van der Waals surface area (Å²) in [6.07, 6.45) is 4.77. The molecule has 1 aliphatic rings. The average molecular weight is 324 g/mol. The number of hydrogen-bond acceptors (Lipinski definition) is 3. The fraction of sp³-hybridized carbons (Fsp3) is 0.471. The Hall–Kier alpha value is -1.52. The summed E-state index contributed by atoms with van der Waals surface area (Å²) < 4.78 is 5.26. The third-order valence-corrected chi connectivity index (χ3v) is 4.28. The number of amides is 1. The van der Waals surface area contributed by atoms with E-state index in [0.717, 1.165) is 24.9 Å². The highest BCUT2D eigenvalue weighted by atomic mass is 35.5. The van der Waals surface area contributed by atoms with Crippen LogP contribution in [0.5, 0.6) is 5.75 Å². The summed E-state index contributed by atoms with van der Waals surface area (Å²) in [5.41, 5.74) is 0.771. The molecule has 1 heterocycles. The van der Waals surface area contributed by atoms with Crippen molar-refractivity contribution in [2.24, 2.45) is 5.92 Å². The fourth-order valence-electron chi connectivity index (χ4n) is 2.71. The largest absolute Gasteiger partial charge is 0.496 e. The van der Waals surface area contributed by atoms with Crippen molar-refractivity contribution in [1.82, 2.24) is 4.90 Å². The van der Waals surface area contributed by atoms with Gasteiger partial charge in [0, 0.05) is 35.7 Å². The number of methoxy groups -OCH3 is 1. The van der Waals surface area contributed by atoms with Crippen molar-refractivity contribution in [1.29, 1.82) is 0 Å². The molecule has 2 atom stereocenters. The number of nitrogens with zero attached hydrogens (tertiary/aromatic N) is 1. The van der Waals surface area contributed by atoms with Gasteiger partial charge in [0.2, 0.25) is 5.91 Å². The molecule has 0 saturated carbocycles. The molecule has 4 nitrogen and oxygen atoms in total. The highest BCUT2D eigenvalue weighted by Crippen LogP contribution is 2.24. The molecule has 1 aliphatic heterocycles. The number of carbonyl (C=O) groups excluding carboxylic acids is 1. The molecular weight excluding hydrogens is 302 g/mol. The van der Waals surface area contributed by atoms with E-state index >= 15 is 0 Å². The van der Waals surface area contributed by atoms with E-state index in [0.29, 0.717) is 17.3 Å². The second-order valence-corrected chi connectivity index (χ2v) is 6.08. The summed E-state index contributed by atoms with van der Waals surface area (Å²) in [4.78, 5) is 14.1. The smallest absolute Gasteiger partial charge is 0.246 e. The van der Waals surface area contributed by atoms with Crippen LogP contribution < -0.4 is 4.74 Å². The molecular formula is C17H22ClNO3. The minimum Gasteiger partial charge on any atom is -0.496 e. The van der Waals surface area contributed by atoms with Gasteiger partial charge in [-0.25, -0.2) is 0 Å². The Labute approximate surface area is 136 Å². The van der Waals surface area contributed by atoms with Crippen LogP contribution in [0.15, 0.2) is 24.3 Å². The van der Waals surface area contributed by atoms with Gasteiger partial charge in [0.15, 0.2) is 0 Å². The molecule has 0 aromatic heterocycles. The predicted octanol–water partition coefficient (Wildman–Crippen LogP) is 2.98. The first-order valence-electron chi connectivity index (χ1n) is 7.50. The quantitative estimate of drug-likeness (QED) is 0.867. The summed E-state index contributed by atoms with van der Waals surface area (Å²) >= 11 is 5.98.